The van der Waals surface area contributed by atoms with Crippen molar-refractivity contribution in [2.24, 2.45) is 5.73 Å². The Labute approximate surface area is 160 Å². The molecule has 4 rings (SSSR count). The van der Waals surface area contributed by atoms with E-state index in [4.69, 9.17) is 10.5 Å². The number of hydrogen-bond donors (Lipinski definition) is 3. The van der Waals surface area contributed by atoms with Gasteiger partial charge in [-0.15, -0.1) is 11.3 Å². The molecule has 138 valence electrons. The van der Waals surface area contributed by atoms with Gasteiger partial charge in [0.25, 0.3) is 5.56 Å². The number of aromatic amines is 1. The number of ether oxygens (including phenoxy) is 1. The Hall–Kier alpha value is -2.67. The molecule has 0 aliphatic carbocycles. The Morgan fingerprint density at radius 2 is 2.00 bits per heavy atom. The van der Waals surface area contributed by atoms with Gasteiger partial charge in [0.1, 0.15) is 10.4 Å². The molecule has 4 N–H and O–H groups in total. The zero-order valence-corrected chi connectivity index (χ0v) is 15.9. The number of H-pyrrole nitrogens is 1. The summed E-state index contributed by atoms with van der Waals surface area (Å²) in [5, 5.41) is 13.8. The van der Waals surface area contributed by atoms with Crippen LogP contribution in [-0.2, 0) is 0 Å². The van der Waals surface area contributed by atoms with E-state index in [1.54, 1.807) is 7.11 Å². The van der Waals surface area contributed by atoms with Crippen molar-refractivity contribution in [1.82, 2.24) is 4.98 Å². The number of aryl methyl sites for hydroxylation is 1. The molecule has 0 aliphatic heterocycles. The molecular weight excluding hydrogens is 360 g/mol. The minimum absolute atomic E-state index is 0.0758. The fourth-order valence-electron chi connectivity index (χ4n) is 3.52. The summed E-state index contributed by atoms with van der Waals surface area (Å²) in [6.45, 7) is 2.14. The molecule has 0 fully saturated rings. The first kappa shape index (κ1) is 17.7. The summed E-state index contributed by atoms with van der Waals surface area (Å²) in [5.41, 5.74) is 9.88. The number of hydrogen-bond acceptors (Lipinski definition) is 5. The maximum atomic E-state index is 12.4. The summed E-state index contributed by atoms with van der Waals surface area (Å²) in [5.74, 6) is 0.742. The molecule has 6 heteroatoms. The predicted octanol–water partition coefficient (Wildman–Crippen LogP) is 3.72. The van der Waals surface area contributed by atoms with Gasteiger partial charge < -0.3 is 20.6 Å². The van der Waals surface area contributed by atoms with Gasteiger partial charge in [0.15, 0.2) is 0 Å². The lowest BCUT2D eigenvalue weighted by molar-refractivity contribution is 0.187. The summed E-state index contributed by atoms with van der Waals surface area (Å²) in [7, 11) is 1.65. The summed E-state index contributed by atoms with van der Waals surface area (Å²) >= 11 is 1.43. The van der Waals surface area contributed by atoms with Crippen molar-refractivity contribution in [2.75, 3.05) is 13.7 Å². The van der Waals surface area contributed by atoms with Crippen molar-refractivity contribution in [2.45, 2.75) is 13.0 Å². The van der Waals surface area contributed by atoms with Gasteiger partial charge >= 0.3 is 0 Å². The largest absolute Gasteiger partial charge is 0.496 e. The van der Waals surface area contributed by atoms with E-state index in [0.29, 0.717) is 4.70 Å². The molecule has 0 aliphatic rings. The summed E-state index contributed by atoms with van der Waals surface area (Å²) in [6.07, 6.45) is -0.685. The second kappa shape index (κ2) is 6.81. The van der Waals surface area contributed by atoms with Crippen LogP contribution in [0.1, 0.15) is 17.2 Å². The third-order valence-electron chi connectivity index (χ3n) is 4.89. The highest BCUT2D eigenvalue weighted by Crippen LogP contribution is 2.41. The minimum Gasteiger partial charge on any atom is -0.496 e. The van der Waals surface area contributed by atoms with E-state index in [2.05, 4.69) is 4.98 Å². The molecule has 0 amide bonds. The van der Waals surface area contributed by atoms with Crippen molar-refractivity contribution in [3.8, 4) is 16.9 Å². The van der Waals surface area contributed by atoms with Gasteiger partial charge in [-0.3, -0.25) is 4.79 Å². The molecule has 0 saturated heterocycles. The predicted molar refractivity (Wildman–Crippen MR) is 111 cm³/mol. The van der Waals surface area contributed by atoms with E-state index in [1.807, 2.05) is 48.7 Å². The Morgan fingerprint density at radius 1 is 1.26 bits per heavy atom. The molecule has 0 radical (unpaired) electrons. The summed E-state index contributed by atoms with van der Waals surface area (Å²) < 4.78 is 6.39. The van der Waals surface area contributed by atoms with Crippen LogP contribution in [0.15, 0.2) is 46.6 Å². The van der Waals surface area contributed by atoms with Crippen molar-refractivity contribution in [1.29, 1.82) is 0 Å². The summed E-state index contributed by atoms with van der Waals surface area (Å²) in [4.78, 5) is 15.5. The van der Waals surface area contributed by atoms with Gasteiger partial charge in [-0.25, -0.2) is 0 Å². The topological polar surface area (TPSA) is 88.3 Å². The SMILES string of the molecule is COc1cc(C)c2[nH]c(=O)c3sccc3c2c1-c1ccc(C(O)CN)cc1. The van der Waals surface area contributed by atoms with Crippen molar-refractivity contribution in [3.05, 3.63) is 63.3 Å². The maximum Gasteiger partial charge on any atom is 0.266 e. The highest BCUT2D eigenvalue weighted by molar-refractivity contribution is 7.17. The smallest absolute Gasteiger partial charge is 0.266 e. The highest BCUT2D eigenvalue weighted by atomic mass is 32.1. The van der Waals surface area contributed by atoms with E-state index in [0.717, 1.165) is 44.3 Å². The van der Waals surface area contributed by atoms with Crippen LogP contribution in [0.3, 0.4) is 0 Å². The first-order valence-corrected chi connectivity index (χ1v) is 9.52. The molecule has 1 unspecified atom stereocenters. The van der Waals surface area contributed by atoms with Gasteiger partial charge in [-0.05, 0) is 41.1 Å². The van der Waals surface area contributed by atoms with Crippen LogP contribution >= 0.6 is 11.3 Å². The zero-order chi connectivity index (χ0) is 19.1. The van der Waals surface area contributed by atoms with Gasteiger partial charge in [-0.2, -0.15) is 0 Å². The molecule has 0 saturated carbocycles. The molecule has 27 heavy (non-hydrogen) atoms. The minimum atomic E-state index is -0.685. The first-order valence-electron chi connectivity index (χ1n) is 8.64. The monoisotopic (exact) mass is 380 g/mol. The average Bonchev–Trinajstić information content (AvgIpc) is 3.18. The number of methoxy groups -OCH3 is 1. The Bertz CT molecular complexity index is 1190. The van der Waals surface area contributed by atoms with Crippen LogP contribution in [-0.4, -0.2) is 23.7 Å². The van der Waals surface area contributed by atoms with E-state index >= 15 is 0 Å². The van der Waals surface area contributed by atoms with Crippen LogP contribution in [0, 0.1) is 6.92 Å². The van der Waals surface area contributed by atoms with Crippen LogP contribution in [0.4, 0.5) is 0 Å². The molecule has 5 nitrogen and oxygen atoms in total. The Kier molecular flexibility index (Phi) is 4.47. The number of nitrogens with two attached hydrogens (primary N) is 1. The van der Waals surface area contributed by atoms with E-state index < -0.39 is 6.10 Å². The standard InChI is InChI=1S/C21H20N2O3S/c1-11-9-16(26-2)17(13-5-3-12(4-6-13)15(24)10-22)18-14-7-8-27-20(14)21(25)23-19(11)18/h3-9,15,24H,10,22H2,1-2H3,(H,23,25). The van der Waals surface area contributed by atoms with Gasteiger partial charge in [0, 0.05) is 22.9 Å². The van der Waals surface area contributed by atoms with Crippen molar-refractivity contribution >= 4 is 32.3 Å². The number of nitrogens with one attached hydrogen (secondary N) is 1. The molecule has 1 atom stereocenters. The summed E-state index contributed by atoms with van der Waals surface area (Å²) in [6, 6.07) is 11.6. The third-order valence-corrected chi connectivity index (χ3v) is 5.81. The lowest BCUT2D eigenvalue weighted by Gasteiger charge is -2.16. The fourth-order valence-corrected chi connectivity index (χ4v) is 4.32. The van der Waals surface area contributed by atoms with E-state index in [9.17, 15) is 9.90 Å². The number of pyridine rings is 1. The second-order valence-electron chi connectivity index (χ2n) is 6.51. The maximum absolute atomic E-state index is 12.4. The van der Waals surface area contributed by atoms with Crippen LogP contribution in [0.5, 0.6) is 5.75 Å². The number of aromatic nitrogens is 1. The lowest BCUT2D eigenvalue weighted by atomic mass is 9.94. The molecule has 0 bridgehead atoms. The number of aliphatic hydroxyl groups is 1. The normalized spacial score (nSPS) is 12.6. The lowest BCUT2D eigenvalue weighted by Crippen LogP contribution is -2.11. The zero-order valence-electron chi connectivity index (χ0n) is 15.1. The Morgan fingerprint density at radius 3 is 2.67 bits per heavy atom. The fraction of sp³-hybridized carbons (Fsp3) is 0.190. The average molecular weight is 380 g/mol. The first-order chi connectivity index (χ1) is 13.0. The van der Waals surface area contributed by atoms with Gasteiger partial charge in [-0.1, -0.05) is 24.3 Å². The molecular formula is C21H20N2O3S. The molecule has 2 aromatic carbocycles. The van der Waals surface area contributed by atoms with Crippen molar-refractivity contribution in [3.63, 3.8) is 0 Å². The van der Waals surface area contributed by atoms with E-state index in [1.165, 1.54) is 11.3 Å². The van der Waals surface area contributed by atoms with E-state index in [-0.39, 0.29) is 12.1 Å². The Balaban J connectivity index is 2.08. The van der Waals surface area contributed by atoms with Gasteiger partial charge in [0.05, 0.1) is 18.7 Å². The molecule has 2 aromatic heterocycles. The quantitative estimate of drug-likeness (QED) is 0.503. The third kappa shape index (κ3) is 2.82. The van der Waals surface area contributed by atoms with Crippen LogP contribution in [0.25, 0.3) is 32.1 Å². The van der Waals surface area contributed by atoms with Crippen molar-refractivity contribution < 1.29 is 9.84 Å². The molecule has 4 aromatic rings. The van der Waals surface area contributed by atoms with Crippen LogP contribution in [0.2, 0.25) is 0 Å². The molecule has 2 heterocycles. The molecule has 0 spiro atoms. The number of benzene rings is 2. The number of thiophene rings is 1. The number of rotatable bonds is 4. The highest BCUT2D eigenvalue weighted by Gasteiger charge is 2.18. The second-order valence-corrected chi connectivity index (χ2v) is 7.43. The van der Waals surface area contributed by atoms with Crippen LogP contribution < -0.4 is 16.0 Å². The number of fused-ring (bicyclic) bond motifs is 3. The van der Waals surface area contributed by atoms with Gasteiger partial charge in [0.2, 0.25) is 0 Å². The number of aliphatic hydroxyl groups excluding tert-OH is 1.